The third kappa shape index (κ3) is 3.55. The summed E-state index contributed by atoms with van der Waals surface area (Å²) in [6.07, 6.45) is 0. The lowest BCUT2D eigenvalue weighted by molar-refractivity contribution is -0.124. The van der Waals surface area contributed by atoms with Gasteiger partial charge in [-0.25, -0.2) is 0 Å². The second-order valence-corrected chi connectivity index (χ2v) is 3.02. The molecule has 0 saturated heterocycles. The number of nitrogens with two attached hydrogens (primary N) is 1. The standard InChI is InChI=1S/C10H14N2O2/c1-8(10(11)13)12-14-7-9-5-3-2-4-6-9/h2-6,8,12H,7H2,1H3,(H2,11,13). The van der Waals surface area contributed by atoms with Crippen molar-refractivity contribution in [1.29, 1.82) is 0 Å². The summed E-state index contributed by atoms with van der Waals surface area (Å²) < 4.78 is 0. The fourth-order valence-electron chi connectivity index (χ4n) is 0.882. The molecule has 14 heavy (non-hydrogen) atoms. The van der Waals surface area contributed by atoms with Crippen molar-refractivity contribution in [3.05, 3.63) is 35.9 Å². The zero-order valence-corrected chi connectivity index (χ0v) is 8.07. The second-order valence-electron chi connectivity index (χ2n) is 3.02. The Kier molecular flexibility index (Phi) is 4.10. The van der Waals surface area contributed by atoms with Crippen LogP contribution in [0.3, 0.4) is 0 Å². The number of primary amides is 1. The molecule has 4 heteroatoms. The summed E-state index contributed by atoms with van der Waals surface area (Å²) in [7, 11) is 0. The van der Waals surface area contributed by atoms with Gasteiger partial charge in [0.15, 0.2) is 0 Å². The molecule has 0 radical (unpaired) electrons. The van der Waals surface area contributed by atoms with E-state index in [9.17, 15) is 4.79 Å². The maximum atomic E-state index is 10.6. The monoisotopic (exact) mass is 194 g/mol. The van der Waals surface area contributed by atoms with Crippen LogP contribution in [-0.4, -0.2) is 11.9 Å². The van der Waals surface area contributed by atoms with Crippen molar-refractivity contribution in [3.8, 4) is 0 Å². The van der Waals surface area contributed by atoms with Crippen LogP contribution in [0.25, 0.3) is 0 Å². The van der Waals surface area contributed by atoms with Crippen molar-refractivity contribution in [1.82, 2.24) is 5.48 Å². The number of hydroxylamine groups is 1. The number of nitrogens with one attached hydrogen (secondary N) is 1. The third-order valence-electron chi connectivity index (χ3n) is 1.77. The summed E-state index contributed by atoms with van der Waals surface area (Å²) >= 11 is 0. The first kappa shape index (κ1) is 10.7. The average Bonchev–Trinajstić information content (AvgIpc) is 2.19. The van der Waals surface area contributed by atoms with Gasteiger partial charge in [-0.1, -0.05) is 30.3 Å². The molecule has 1 unspecified atom stereocenters. The maximum absolute atomic E-state index is 10.6. The van der Waals surface area contributed by atoms with E-state index in [0.29, 0.717) is 6.61 Å². The summed E-state index contributed by atoms with van der Waals surface area (Å²) in [5.41, 5.74) is 8.63. The summed E-state index contributed by atoms with van der Waals surface area (Å²) in [5, 5.41) is 0. The molecule has 1 aromatic carbocycles. The molecule has 4 nitrogen and oxygen atoms in total. The highest BCUT2D eigenvalue weighted by Crippen LogP contribution is 1.99. The number of hydrogen-bond acceptors (Lipinski definition) is 3. The van der Waals surface area contributed by atoms with Crippen molar-refractivity contribution < 1.29 is 9.63 Å². The Morgan fingerprint density at radius 3 is 2.71 bits per heavy atom. The van der Waals surface area contributed by atoms with Crippen LogP contribution in [0, 0.1) is 0 Å². The Bertz CT molecular complexity index is 287. The summed E-state index contributed by atoms with van der Waals surface area (Å²) in [4.78, 5) is 15.7. The van der Waals surface area contributed by atoms with Crippen LogP contribution >= 0.6 is 0 Å². The van der Waals surface area contributed by atoms with E-state index in [4.69, 9.17) is 10.6 Å². The van der Waals surface area contributed by atoms with E-state index in [1.807, 2.05) is 30.3 Å². The summed E-state index contributed by atoms with van der Waals surface area (Å²) in [6, 6.07) is 9.20. The van der Waals surface area contributed by atoms with Gasteiger partial charge in [-0.15, -0.1) is 0 Å². The van der Waals surface area contributed by atoms with Crippen LogP contribution in [0.5, 0.6) is 0 Å². The molecule has 1 aromatic rings. The fraction of sp³-hybridized carbons (Fsp3) is 0.300. The van der Waals surface area contributed by atoms with Crippen molar-refractivity contribution >= 4 is 5.91 Å². The van der Waals surface area contributed by atoms with E-state index >= 15 is 0 Å². The Hall–Kier alpha value is -1.39. The molecule has 0 aromatic heterocycles. The number of amides is 1. The lowest BCUT2D eigenvalue weighted by Crippen LogP contribution is -2.38. The van der Waals surface area contributed by atoms with Crippen molar-refractivity contribution in [2.45, 2.75) is 19.6 Å². The van der Waals surface area contributed by atoms with Crippen molar-refractivity contribution in [2.75, 3.05) is 0 Å². The van der Waals surface area contributed by atoms with E-state index in [1.54, 1.807) is 6.92 Å². The highest BCUT2D eigenvalue weighted by Gasteiger charge is 2.06. The normalized spacial score (nSPS) is 12.4. The highest BCUT2D eigenvalue weighted by atomic mass is 16.6. The first-order valence-electron chi connectivity index (χ1n) is 4.40. The maximum Gasteiger partial charge on any atom is 0.236 e. The molecule has 0 aliphatic rings. The van der Waals surface area contributed by atoms with Gasteiger partial charge in [0.2, 0.25) is 5.91 Å². The van der Waals surface area contributed by atoms with E-state index in [-0.39, 0.29) is 0 Å². The Labute approximate surface area is 83.0 Å². The first-order valence-corrected chi connectivity index (χ1v) is 4.40. The van der Waals surface area contributed by atoms with Gasteiger partial charge in [0.25, 0.3) is 0 Å². The number of carbonyl (C=O) groups is 1. The molecule has 0 aliphatic heterocycles. The lowest BCUT2D eigenvalue weighted by Gasteiger charge is -2.09. The van der Waals surface area contributed by atoms with E-state index < -0.39 is 11.9 Å². The van der Waals surface area contributed by atoms with E-state index in [2.05, 4.69) is 5.48 Å². The Morgan fingerprint density at radius 1 is 1.50 bits per heavy atom. The SMILES string of the molecule is CC(NOCc1ccccc1)C(N)=O. The van der Waals surface area contributed by atoms with Gasteiger partial charge < -0.3 is 5.73 Å². The van der Waals surface area contributed by atoms with Gasteiger partial charge in [0.1, 0.15) is 6.04 Å². The molecule has 1 atom stereocenters. The molecular formula is C10H14N2O2. The Morgan fingerprint density at radius 2 is 2.14 bits per heavy atom. The summed E-state index contributed by atoms with van der Waals surface area (Å²) in [5.74, 6) is -0.432. The fourth-order valence-corrected chi connectivity index (χ4v) is 0.882. The third-order valence-corrected chi connectivity index (χ3v) is 1.77. The minimum absolute atomic E-state index is 0.415. The Balaban J connectivity index is 2.26. The van der Waals surface area contributed by atoms with Gasteiger partial charge >= 0.3 is 0 Å². The quantitative estimate of drug-likeness (QED) is 0.674. The minimum Gasteiger partial charge on any atom is -0.368 e. The second kappa shape index (κ2) is 5.36. The van der Waals surface area contributed by atoms with Crippen LogP contribution in [0.1, 0.15) is 12.5 Å². The van der Waals surface area contributed by atoms with E-state index in [1.165, 1.54) is 0 Å². The zero-order chi connectivity index (χ0) is 10.4. The number of benzene rings is 1. The number of carbonyl (C=O) groups excluding carboxylic acids is 1. The van der Waals surface area contributed by atoms with Crippen molar-refractivity contribution in [2.24, 2.45) is 5.73 Å². The number of hydrogen-bond donors (Lipinski definition) is 2. The van der Waals surface area contributed by atoms with Crippen LogP contribution in [0.4, 0.5) is 0 Å². The highest BCUT2D eigenvalue weighted by molar-refractivity contribution is 5.79. The van der Waals surface area contributed by atoms with Crippen LogP contribution in [0.2, 0.25) is 0 Å². The van der Waals surface area contributed by atoms with Crippen LogP contribution in [-0.2, 0) is 16.2 Å². The van der Waals surface area contributed by atoms with Gasteiger partial charge in [0.05, 0.1) is 6.61 Å². The molecule has 1 amide bonds. The van der Waals surface area contributed by atoms with Gasteiger partial charge in [0, 0.05) is 0 Å². The summed E-state index contributed by atoms with van der Waals surface area (Å²) in [6.45, 7) is 2.06. The predicted octanol–water partition coefficient (Wildman–Crippen LogP) is 0.582. The van der Waals surface area contributed by atoms with Crippen LogP contribution in [0.15, 0.2) is 30.3 Å². The molecular weight excluding hydrogens is 180 g/mol. The van der Waals surface area contributed by atoms with Crippen molar-refractivity contribution in [3.63, 3.8) is 0 Å². The minimum atomic E-state index is -0.473. The molecule has 76 valence electrons. The largest absolute Gasteiger partial charge is 0.368 e. The van der Waals surface area contributed by atoms with Gasteiger partial charge in [-0.3, -0.25) is 9.63 Å². The molecule has 0 saturated carbocycles. The van der Waals surface area contributed by atoms with Gasteiger partial charge in [-0.2, -0.15) is 5.48 Å². The molecule has 0 spiro atoms. The zero-order valence-electron chi connectivity index (χ0n) is 8.07. The predicted molar refractivity (Wildman–Crippen MR) is 53.0 cm³/mol. The van der Waals surface area contributed by atoms with Gasteiger partial charge in [-0.05, 0) is 12.5 Å². The average molecular weight is 194 g/mol. The molecule has 0 bridgehead atoms. The van der Waals surface area contributed by atoms with Crippen LogP contribution < -0.4 is 11.2 Å². The molecule has 0 heterocycles. The topological polar surface area (TPSA) is 64.3 Å². The number of rotatable bonds is 5. The molecule has 0 aliphatic carbocycles. The molecule has 0 fully saturated rings. The molecule has 3 N–H and O–H groups in total. The smallest absolute Gasteiger partial charge is 0.236 e. The molecule has 1 rings (SSSR count). The van der Waals surface area contributed by atoms with E-state index in [0.717, 1.165) is 5.56 Å². The lowest BCUT2D eigenvalue weighted by atomic mass is 10.2. The first-order chi connectivity index (χ1) is 6.70.